The minimum Gasteiger partial charge on any atom is -0.227 e. The average Bonchev–Trinajstić information content (AvgIpc) is 2.98. The number of benzene rings is 2. The van der Waals surface area contributed by atoms with Gasteiger partial charge in [-0.3, -0.25) is 0 Å². The summed E-state index contributed by atoms with van der Waals surface area (Å²) >= 11 is 1.68. The van der Waals surface area contributed by atoms with Crippen LogP contribution in [0.5, 0.6) is 0 Å². The lowest BCUT2D eigenvalue weighted by Crippen LogP contribution is -1.82. The fraction of sp³-hybridized carbons (Fsp3) is 0. The SMILES string of the molecule is c1ccc(-c2nnc3c4ccccc4sn23)cc1. The third-order valence-corrected chi connectivity index (χ3v) is 4.05. The van der Waals surface area contributed by atoms with Gasteiger partial charge in [0.1, 0.15) is 0 Å². The highest BCUT2D eigenvalue weighted by Crippen LogP contribution is 2.29. The molecule has 0 aliphatic rings. The van der Waals surface area contributed by atoms with Gasteiger partial charge >= 0.3 is 0 Å². The number of nitrogens with zero attached hydrogens (tertiary/aromatic N) is 3. The van der Waals surface area contributed by atoms with Gasteiger partial charge in [0.25, 0.3) is 0 Å². The van der Waals surface area contributed by atoms with Crippen molar-refractivity contribution in [2.24, 2.45) is 0 Å². The van der Waals surface area contributed by atoms with Crippen LogP contribution in [0, 0.1) is 0 Å². The van der Waals surface area contributed by atoms with Gasteiger partial charge in [0, 0.05) is 10.9 Å². The second-order valence-corrected chi connectivity index (χ2v) is 5.08. The quantitative estimate of drug-likeness (QED) is 0.517. The van der Waals surface area contributed by atoms with Crippen molar-refractivity contribution >= 4 is 27.3 Å². The van der Waals surface area contributed by atoms with Crippen LogP contribution in [-0.4, -0.2) is 14.0 Å². The standard InChI is InChI=1S/C14H9N3S/c1-2-6-10(7-3-1)13-15-16-14-11-8-4-5-9-12(11)18-17(13)14/h1-9H. The Balaban J connectivity index is 2.08. The van der Waals surface area contributed by atoms with E-state index in [1.165, 1.54) is 4.70 Å². The molecule has 0 unspecified atom stereocenters. The summed E-state index contributed by atoms with van der Waals surface area (Å²) < 4.78 is 3.33. The monoisotopic (exact) mass is 251 g/mol. The Morgan fingerprint density at radius 2 is 1.61 bits per heavy atom. The predicted molar refractivity (Wildman–Crippen MR) is 73.8 cm³/mol. The molecule has 86 valence electrons. The molecule has 0 N–H and O–H groups in total. The zero-order chi connectivity index (χ0) is 11.9. The minimum atomic E-state index is 0.909. The maximum absolute atomic E-state index is 4.31. The van der Waals surface area contributed by atoms with Crippen molar-refractivity contribution < 1.29 is 0 Å². The van der Waals surface area contributed by atoms with E-state index >= 15 is 0 Å². The van der Waals surface area contributed by atoms with E-state index in [0.29, 0.717) is 0 Å². The summed E-state index contributed by atoms with van der Waals surface area (Å²) in [4.78, 5) is 0. The Kier molecular flexibility index (Phi) is 1.98. The zero-order valence-electron chi connectivity index (χ0n) is 9.45. The van der Waals surface area contributed by atoms with Gasteiger partial charge in [-0.15, -0.1) is 10.2 Å². The minimum absolute atomic E-state index is 0.909. The highest BCUT2D eigenvalue weighted by molar-refractivity contribution is 7.14. The first-order valence-corrected chi connectivity index (χ1v) is 6.49. The fourth-order valence-corrected chi connectivity index (χ4v) is 3.16. The Hall–Kier alpha value is -2.20. The molecular formula is C14H9N3S. The maximum Gasteiger partial charge on any atom is 0.179 e. The van der Waals surface area contributed by atoms with Gasteiger partial charge in [-0.2, -0.15) is 0 Å². The van der Waals surface area contributed by atoms with Gasteiger partial charge in [-0.25, -0.2) is 3.79 Å². The van der Waals surface area contributed by atoms with E-state index in [0.717, 1.165) is 22.4 Å². The number of rotatable bonds is 1. The summed E-state index contributed by atoms with van der Waals surface area (Å²) in [7, 11) is 0. The normalized spacial score (nSPS) is 11.3. The van der Waals surface area contributed by atoms with E-state index in [4.69, 9.17) is 0 Å². The van der Waals surface area contributed by atoms with Gasteiger partial charge in [0.15, 0.2) is 11.5 Å². The van der Waals surface area contributed by atoms with Crippen molar-refractivity contribution in [1.29, 1.82) is 0 Å². The Bertz CT molecular complexity index is 830. The first kappa shape index (κ1) is 9.79. The third kappa shape index (κ3) is 1.29. The lowest BCUT2D eigenvalue weighted by Gasteiger charge is -1.94. The molecule has 2 aromatic heterocycles. The molecule has 0 aliphatic heterocycles. The lowest BCUT2D eigenvalue weighted by atomic mass is 10.2. The van der Waals surface area contributed by atoms with Gasteiger partial charge in [0.2, 0.25) is 0 Å². The first-order chi connectivity index (χ1) is 8.93. The van der Waals surface area contributed by atoms with Crippen LogP contribution in [0.1, 0.15) is 0 Å². The summed E-state index contributed by atoms with van der Waals surface area (Å²) in [5.74, 6) is 0.909. The Morgan fingerprint density at radius 1 is 0.833 bits per heavy atom. The molecule has 0 aliphatic carbocycles. The number of hydrogen-bond acceptors (Lipinski definition) is 3. The van der Waals surface area contributed by atoms with Crippen molar-refractivity contribution in [3.63, 3.8) is 0 Å². The van der Waals surface area contributed by atoms with Gasteiger partial charge in [-0.1, -0.05) is 54.0 Å². The molecule has 4 aromatic rings. The number of aromatic nitrogens is 3. The summed E-state index contributed by atoms with van der Waals surface area (Å²) in [6.07, 6.45) is 0. The molecule has 0 spiro atoms. The third-order valence-electron chi connectivity index (χ3n) is 2.97. The second-order valence-electron chi connectivity index (χ2n) is 4.10. The number of fused-ring (bicyclic) bond motifs is 3. The molecule has 4 heteroatoms. The van der Waals surface area contributed by atoms with Gasteiger partial charge < -0.3 is 0 Å². The number of hydrogen-bond donors (Lipinski definition) is 0. The van der Waals surface area contributed by atoms with E-state index < -0.39 is 0 Å². The van der Waals surface area contributed by atoms with Crippen LogP contribution in [-0.2, 0) is 0 Å². The average molecular weight is 251 g/mol. The highest BCUT2D eigenvalue weighted by atomic mass is 32.1. The molecule has 0 fully saturated rings. The van der Waals surface area contributed by atoms with E-state index in [9.17, 15) is 0 Å². The van der Waals surface area contributed by atoms with E-state index in [1.54, 1.807) is 11.5 Å². The van der Waals surface area contributed by atoms with Crippen LogP contribution in [0.3, 0.4) is 0 Å². The molecular weight excluding hydrogens is 242 g/mol. The van der Waals surface area contributed by atoms with Crippen molar-refractivity contribution in [2.75, 3.05) is 0 Å². The van der Waals surface area contributed by atoms with Gasteiger partial charge in [-0.05, 0) is 12.1 Å². The second kappa shape index (κ2) is 3.65. The molecule has 0 atom stereocenters. The summed E-state index contributed by atoms with van der Waals surface area (Å²) in [6, 6.07) is 18.4. The zero-order valence-corrected chi connectivity index (χ0v) is 10.3. The molecule has 4 rings (SSSR count). The molecule has 0 saturated carbocycles. The summed E-state index contributed by atoms with van der Waals surface area (Å²) in [6.45, 7) is 0. The summed E-state index contributed by atoms with van der Waals surface area (Å²) in [5, 5.41) is 9.77. The smallest absolute Gasteiger partial charge is 0.179 e. The van der Waals surface area contributed by atoms with Crippen LogP contribution in [0.2, 0.25) is 0 Å². The van der Waals surface area contributed by atoms with Crippen molar-refractivity contribution in [3.8, 4) is 11.4 Å². The van der Waals surface area contributed by atoms with Crippen LogP contribution in [0.15, 0.2) is 54.6 Å². The lowest BCUT2D eigenvalue weighted by molar-refractivity contribution is 1.12. The molecule has 2 heterocycles. The molecule has 0 bridgehead atoms. The molecule has 0 amide bonds. The first-order valence-electron chi connectivity index (χ1n) is 5.72. The maximum atomic E-state index is 4.31. The molecule has 3 nitrogen and oxygen atoms in total. The Labute approximate surface area is 107 Å². The topological polar surface area (TPSA) is 30.2 Å². The molecule has 0 radical (unpaired) electrons. The predicted octanol–water partition coefficient (Wildman–Crippen LogP) is 3.61. The highest BCUT2D eigenvalue weighted by Gasteiger charge is 2.12. The van der Waals surface area contributed by atoms with Crippen LogP contribution in [0.4, 0.5) is 0 Å². The van der Waals surface area contributed by atoms with Crippen LogP contribution < -0.4 is 0 Å². The van der Waals surface area contributed by atoms with E-state index in [2.05, 4.69) is 38.3 Å². The van der Waals surface area contributed by atoms with Crippen molar-refractivity contribution in [3.05, 3.63) is 54.6 Å². The fourth-order valence-electron chi connectivity index (χ4n) is 2.12. The largest absolute Gasteiger partial charge is 0.227 e. The van der Waals surface area contributed by atoms with E-state index in [1.807, 2.05) is 30.3 Å². The van der Waals surface area contributed by atoms with Crippen LogP contribution in [0.25, 0.3) is 27.1 Å². The molecule has 2 aromatic carbocycles. The van der Waals surface area contributed by atoms with Crippen LogP contribution >= 0.6 is 11.5 Å². The van der Waals surface area contributed by atoms with Crippen molar-refractivity contribution in [2.45, 2.75) is 0 Å². The Morgan fingerprint density at radius 3 is 2.50 bits per heavy atom. The molecule has 0 saturated heterocycles. The van der Waals surface area contributed by atoms with Crippen molar-refractivity contribution in [1.82, 2.24) is 14.0 Å². The van der Waals surface area contributed by atoms with E-state index in [-0.39, 0.29) is 0 Å². The summed E-state index contributed by atoms with van der Waals surface area (Å²) in [5.41, 5.74) is 2.03. The van der Waals surface area contributed by atoms with Gasteiger partial charge in [0.05, 0.1) is 4.70 Å². The molecule has 18 heavy (non-hydrogen) atoms.